The summed E-state index contributed by atoms with van der Waals surface area (Å²) in [6.07, 6.45) is 0.430. The van der Waals surface area contributed by atoms with E-state index in [0.717, 1.165) is 0 Å². The van der Waals surface area contributed by atoms with Crippen molar-refractivity contribution in [2.75, 3.05) is 13.2 Å². The van der Waals surface area contributed by atoms with E-state index in [9.17, 15) is 18.0 Å². The molecular weight excluding hydrogens is 413 g/mol. The third-order valence-corrected chi connectivity index (χ3v) is 4.29. The quantitative estimate of drug-likeness (QED) is 0.549. The molecule has 0 bridgehead atoms. The third-order valence-electron chi connectivity index (χ3n) is 4.29. The van der Waals surface area contributed by atoms with Crippen molar-refractivity contribution in [1.29, 1.82) is 5.26 Å². The Labute approximate surface area is 175 Å². The van der Waals surface area contributed by atoms with Crippen LogP contribution < -0.4 is 10.1 Å². The molecule has 0 spiro atoms. The number of hydrogen-bond acceptors (Lipinski definition) is 6. The van der Waals surface area contributed by atoms with Crippen LogP contribution >= 0.6 is 0 Å². The number of alkyl halides is 3. The van der Waals surface area contributed by atoms with Gasteiger partial charge in [-0.25, -0.2) is 0 Å². The molecule has 31 heavy (non-hydrogen) atoms. The van der Waals surface area contributed by atoms with Crippen molar-refractivity contribution < 1.29 is 22.7 Å². The minimum absolute atomic E-state index is 0.0526. The molecule has 0 aliphatic rings. The first-order valence-electron chi connectivity index (χ1n) is 9.35. The summed E-state index contributed by atoms with van der Waals surface area (Å²) in [6, 6.07) is 5.31. The van der Waals surface area contributed by atoms with E-state index < -0.39 is 12.8 Å². The fourth-order valence-corrected chi connectivity index (χ4v) is 2.91. The molecule has 162 valence electrons. The number of halogens is 3. The number of pyridine rings is 2. The van der Waals surface area contributed by atoms with E-state index in [0.29, 0.717) is 27.9 Å². The number of rotatable bonds is 8. The summed E-state index contributed by atoms with van der Waals surface area (Å²) in [6.45, 7) is 0.823. The second-order valence-corrected chi connectivity index (χ2v) is 6.80. The number of hydrogen-bond donors (Lipinski definition) is 1. The number of carbonyl (C=O) groups excluding carboxylic acids is 1. The van der Waals surface area contributed by atoms with Gasteiger partial charge >= 0.3 is 6.18 Å². The maximum absolute atomic E-state index is 12.3. The van der Waals surface area contributed by atoms with E-state index in [1.54, 1.807) is 36.1 Å². The number of aryl methyl sites for hydroxylation is 1. The predicted molar refractivity (Wildman–Crippen MR) is 104 cm³/mol. The normalized spacial score (nSPS) is 11.3. The van der Waals surface area contributed by atoms with Crippen LogP contribution in [0.25, 0.3) is 10.9 Å². The van der Waals surface area contributed by atoms with Gasteiger partial charge in [0, 0.05) is 24.3 Å². The summed E-state index contributed by atoms with van der Waals surface area (Å²) in [5.41, 5.74) is 2.32. The lowest BCUT2D eigenvalue weighted by Crippen LogP contribution is -2.26. The molecule has 0 radical (unpaired) electrons. The topological polar surface area (TPSA) is 106 Å². The van der Waals surface area contributed by atoms with Gasteiger partial charge in [0.25, 0.3) is 0 Å². The Morgan fingerprint density at radius 2 is 2.16 bits per heavy atom. The molecule has 3 aromatic heterocycles. The molecule has 0 aromatic carbocycles. The molecule has 0 fully saturated rings. The van der Waals surface area contributed by atoms with Crippen LogP contribution in [0.4, 0.5) is 13.2 Å². The van der Waals surface area contributed by atoms with Gasteiger partial charge in [0.2, 0.25) is 5.91 Å². The van der Waals surface area contributed by atoms with Crippen LogP contribution in [0.1, 0.15) is 23.4 Å². The van der Waals surface area contributed by atoms with E-state index >= 15 is 0 Å². The molecule has 3 aromatic rings. The van der Waals surface area contributed by atoms with Crippen LogP contribution in [0.3, 0.4) is 0 Å². The highest BCUT2D eigenvalue weighted by Crippen LogP contribution is 2.22. The van der Waals surface area contributed by atoms with Crippen LogP contribution in [0, 0.1) is 18.3 Å². The van der Waals surface area contributed by atoms with Gasteiger partial charge in [-0.2, -0.15) is 23.5 Å². The first kappa shape index (κ1) is 22.0. The summed E-state index contributed by atoms with van der Waals surface area (Å²) in [4.78, 5) is 20.5. The Hall–Kier alpha value is -3.68. The van der Waals surface area contributed by atoms with Gasteiger partial charge < -0.3 is 10.1 Å². The van der Waals surface area contributed by atoms with E-state index in [1.165, 1.54) is 6.20 Å². The minimum Gasteiger partial charge on any atom is -0.482 e. The Morgan fingerprint density at radius 3 is 2.87 bits per heavy atom. The maximum atomic E-state index is 12.3. The first-order chi connectivity index (χ1) is 14.7. The maximum Gasteiger partial charge on any atom is 0.422 e. The highest BCUT2D eigenvalue weighted by molar-refractivity contribution is 5.86. The number of fused-ring (bicyclic) bond motifs is 1. The summed E-state index contributed by atoms with van der Waals surface area (Å²) < 4.78 is 43.4. The largest absolute Gasteiger partial charge is 0.482 e. The zero-order valence-corrected chi connectivity index (χ0v) is 16.6. The molecule has 1 N–H and O–H groups in total. The molecule has 0 atom stereocenters. The number of ether oxygens (including phenoxy) is 1. The Kier molecular flexibility index (Phi) is 6.69. The third kappa shape index (κ3) is 6.15. The molecule has 3 rings (SSSR count). The van der Waals surface area contributed by atoms with Crippen molar-refractivity contribution in [3.05, 3.63) is 47.7 Å². The van der Waals surface area contributed by atoms with Gasteiger partial charge in [-0.1, -0.05) is 0 Å². The number of nitriles is 1. The highest BCUT2D eigenvalue weighted by atomic mass is 19.4. The number of aromatic nitrogens is 4. The van der Waals surface area contributed by atoms with Crippen molar-refractivity contribution in [2.45, 2.75) is 32.5 Å². The lowest BCUT2D eigenvalue weighted by atomic mass is 10.2. The Balaban J connectivity index is 1.72. The van der Waals surface area contributed by atoms with Crippen molar-refractivity contribution >= 4 is 16.8 Å². The predicted octanol–water partition coefficient (Wildman–Crippen LogP) is 2.70. The molecule has 11 heteroatoms. The van der Waals surface area contributed by atoms with Crippen molar-refractivity contribution in [3.63, 3.8) is 0 Å². The van der Waals surface area contributed by atoms with Gasteiger partial charge in [0.1, 0.15) is 5.75 Å². The number of carbonyl (C=O) groups is 1. The molecule has 3 heterocycles. The molecule has 0 saturated heterocycles. The SMILES string of the molecule is Cc1cc(Cn2cc3c(CC(=O)NCCC#N)nccc3n2)ncc1OCC(F)(F)F. The molecule has 0 unspecified atom stereocenters. The molecule has 1 amide bonds. The van der Waals surface area contributed by atoms with Crippen LogP contribution in [0.2, 0.25) is 0 Å². The summed E-state index contributed by atoms with van der Waals surface area (Å²) in [5.74, 6) is -0.171. The molecule has 0 aliphatic carbocycles. The van der Waals surface area contributed by atoms with Crippen molar-refractivity contribution in [3.8, 4) is 11.8 Å². The molecular formula is C20H19F3N6O2. The van der Waals surface area contributed by atoms with Gasteiger partial charge in [-0.15, -0.1) is 0 Å². The standard InChI is InChI=1S/C20H19F3N6O2/c1-13-7-14(27-9-18(13)31-12-20(21,22)23)10-29-11-15-16(28-29)3-6-25-17(15)8-19(30)26-5-2-4-24/h3,6-7,9,11H,2,5,8,10,12H2,1H3,(H,26,30). The minimum atomic E-state index is -4.42. The zero-order valence-electron chi connectivity index (χ0n) is 16.6. The van der Waals surface area contributed by atoms with E-state index in [2.05, 4.69) is 20.4 Å². The second kappa shape index (κ2) is 9.42. The smallest absolute Gasteiger partial charge is 0.422 e. The van der Waals surface area contributed by atoms with Crippen LogP contribution in [0.5, 0.6) is 5.75 Å². The average molecular weight is 432 g/mol. The lowest BCUT2D eigenvalue weighted by molar-refractivity contribution is -0.153. The summed E-state index contributed by atoms with van der Waals surface area (Å²) >= 11 is 0. The number of nitrogens with one attached hydrogen (secondary N) is 1. The summed E-state index contributed by atoms with van der Waals surface area (Å²) in [7, 11) is 0. The first-order valence-corrected chi connectivity index (χ1v) is 9.35. The Morgan fingerprint density at radius 1 is 1.35 bits per heavy atom. The monoisotopic (exact) mass is 432 g/mol. The van der Waals surface area contributed by atoms with Crippen molar-refractivity contribution in [1.82, 2.24) is 25.1 Å². The van der Waals surface area contributed by atoms with Gasteiger partial charge in [-0.3, -0.25) is 19.4 Å². The number of nitrogens with zero attached hydrogens (tertiary/aromatic N) is 5. The fourth-order valence-electron chi connectivity index (χ4n) is 2.91. The molecule has 8 nitrogen and oxygen atoms in total. The fraction of sp³-hybridized carbons (Fsp3) is 0.350. The van der Waals surface area contributed by atoms with Crippen molar-refractivity contribution in [2.24, 2.45) is 0 Å². The summed E-state index contributed by atoms with van der Waals surface area (Å²) in [5, 5.41) is 16.4. The number of amides is 1. The van der Waals surface area contributed by atoms with Gasteiger partial charge in [0.15, 0.2) is 6.61 Å². The van der Waals surface area contributed by atoms with E-state index in [1.807, 2.05) is 6.07 Å². The van der Waals surface area contributed by atoms with Crippen LogP contribution in [-0.2, 0) is 17.8 Å². The van der Waals surface area contributed by atoms with Crippen LogP contribution in [-0.4, -0.2) is 45.0 Å². The molecule has 0 saturated carbocycles. The zero-order chi connectivity index (χ0) is 22.4. The lowest BCUT2D eigenvalue weighted by Gasteiger charge is -2.11. The van der Waals surface area contributed by atoms with E-state index in [-0.39, 0.29) is 37.6 Å². The second-order valence-electron chi connectivity index (χ2n) is 6.80. The van der Waals surface area contributed by atoms with Gasteiger partial charge in [-0.05, 0) is 24.6 Å². The molecule has 0 aliphatic heterocycles. The van der Waals surface area contributed by atoms with E-state index in [4.69, 9.17) is 10.00 Å². The average Bonchev–Trinajstić information content (AvgIpc) is 3.10. The Bertz CT molecular complexity index is 1120. The highest BCUT2D eigenvalue weighted by Gasteiger charge is 2.28. The van der Waals surface area contributed by atoms with Crippen LogP contribution in [0.15, 0.2) is 30.7 Å². The van der Waals surface area contributed by atoms with Gasteiger partial charge in [0.05, 0.1) is 48.6 Å².